The highest BCUT2D eigenvalue weighted by Gasteiger charge is 2.07. The molecule has 0 radical (unpaired) electrons. The van der Waals surface area contributed by atoms with E-state index in [0.717, 1.165) is 34.6 Å². The summed E-state index contributed by atoms with van der Waals surface area (Å²) in [6.45, 7) is 3.80. The molecule has 4 aromatic rings. The molecule has 25 heavy (non-hydrogen) atoms. The molecule has 4 rings (SSSR count). The van der Waals surface area contributed by atoms with E-state index >= 15 is 0 Å². The topological polar surface area (TPSA) is 57.4 Å². The average Bonchev–Trinajstić information content (AvgIpc) is 3.35. The first-order valence-electron chi connectivity index (χ1n) is 8.18. The first-order valence-corrected chi connectivity index (χ1v) is 8.18. The quantitative estimate of drug-likeness (QED) is 0.514. The summed E-state index contributed by atoms with van der Waals surface area (Å²) in [5.41, 5.74) is 7.70. The van der Waals surface area contributed by atoms with Crippen LogP contribution in [0.15, 0.2) is 80.0 Å². The van der Waals surface area contributed by atoms with Crippen molar-refractivity contribution in [1.29, 1.82) is 0 Å². The van der Waals surface area contributed by atoms with Crippen molar-refractivity contribution >= 4 is 0 Å². The Morgan fingerprint density at radius 2 is 1.44 bits per heavy atom. The lowest BCUT2D eigenvalue weighted by Gasteiger charge is -2.06. The first kappa shape index (κ1) is 15.1. The van der Waals surface area contributed by atoms with Crippen LogP contribution in [-0.4, -0.2) is 19.9 Å². The zero-order chi connectivity index (χ0) is 17.1. The molecule has 0 aliphatic heterocycles. The molecule has 0 spiro atoms. The van der Waals surface area contributed by atoms with Gasteiger partial charge in [-0.2, -0.15) is 0 Å². The van der Waals surface area contributed by atoms with Gasteiger partial charge >= 0.3 is 0 Å². The fraction of sp³-hybridized carbons (Fsp3) is 0.0476. The molecule has 4 heteroatoms. The SMILES string of the molecule is C=CCc1[nH]cnc1-c1ccc(-c2ccc(-c3cnc[nH]3)cc2)cc1. The molecule has 2 aromatic carbocycles. The number of aromatic nitrogens is 4. The van der Waals surface area contributed by atoms with Crippen LogP contribution in [0.1, 0.15) is 5.69 Å². The van der Waals surface area contributed by atoms with E-state index in [2.05, 4.69) is 75.0 Å². The van der Waals surface area contributed by atoms with Gasteiger partial charge in [-0.25, -0.2) is 9.97 Å². The van der Waals surface area contributed by atoms with E-state index in [1.165, 1.54) is 11.1 Å². The van der Waals surface area contributed by atoms with Gasteiger partial charge in [0, 0.05) is 17.7 Å². The fourth-order valence-corrected chi connectivity index (χ4v) is 2.95. The van der Waals surface area contributed by atoms with Gasteiger partial charge in [-0.3, -0.25) is 0 Å². The number of H-pyrrole nitrogens is 2. The fourth-order valence-electron chi connectivity index (χ4n) is 2.95. The van der Waals surface area contributed by atoms with Crippen molar-refractivity contribution in [3.05, 3.63) is 85.7 Å². The van der Waals surface area contributed by atoms with Gasteiger partial charge in [0.25, 0.3) is 0 Å². The lowest BCUT2D eigenvalue weighted by atomic mass is 10.0. The number of imidazole rings is 2. The van der Waals surface area contributed by atoms with Crippen molar-refractivity contribution in [2.45, 2.75) is 6.42 Å². The third kappa shape index (κ3) is 3.02. The van der Waals surface area contributed by atoms with Gasteiger partial charge in [0.05, 0.1) is 30.2 Å². The van der Waals surface area contributed by atoms with E-state index in [9.17, 15) is 0 Å². The van der Waals surface area contributed by atoms with E-state index in [1.807, 2.05) is 12.3 Å². The number of hydrogen-bond donors (Lipinski definition) is 2. The average molecular weight is 326 g/mol. The summed E-state index contributed by atoms with van der Waals surface area (Å²) >= 11 is 0. The van der Waals surface area contributed by atoms with Crippen molar-refractivity contribution in [2.24, 2.45) is 0 Å². The van der Waals surface area contributed by atoms with Gasteiger partial charge in [-0.1, -0.05) is 54.6 Å². The Morgan fingerprint density at radius 1 is 0.800 bits per heavy atom. The minimum Gasteiger partial charge on any atom is -0.348 e. The summed E-state index contributed by atoms with van der Waals surface area (Å²) in [6, 6.07) is 17.0. The second kappa shape index (κ2) is 6.61. The molecule has 0 unspecified atom stereocenters. The van der Waals surface area contributed by atoms with Crippen LogP contribution in [0, 0.1) is 0 Å². The van der Waals surface area contributed by atoms with Crippen molar-refractivity contribution in [3.63, 3.8) is 0 Å². The van der Waals surface area contributed by atoms with E-state index < -0.39 is 0 Å². The van der Waals surface area contributed by atoms with E-state index in [0.29, 0.717) is 0 Å². The lowest BCUT2D eigenvalue weighted by Crippen LogP contribution is -1.87. The van der Waals surface area contributed by atoms with Crippen molar-refractivity contribution in [3.8, 4) is 33.6 Å². The highest BCUT2D eigenvalue weighted by molar-refractivity contribution is 5.72. The van der Waals surface area contributed by atoms with Gasteiger partial charge in [-0.05, 0) is 16.7 Å². The highest BCUT2D eigenvalue weighted by atomic mass is 14.9. The summed E-state index contributed by atoms with van der Waals surface area (Å²) in [5, 5.41) is 0. The van der Waals surface area contributed by atoms with Crippen LogP contribution < -0.4 is 0 Å². The van der Waals surface area contributed by atoms with Crippen LogP contribution in [0.5, 0.6) is 0 Å². The number of benzene rings is 2. The van der Waals surface area contributed by atoms with Crippen LogP contribution in [0.4, 0.5) is 0 Å². The Hall–Kier alpha value is -3.40. The summed E-state index contributed by atoms with van der Waals surface area (Å²) in [5.74, 6) is 0. The zero-order valence-electron chi connectivity index (χ0n) is 13.7. The molecule has 2 N–H and O–H groups in total. The molecular formula is C21H18N4. The van der Waals surface area contributed by atoms with E-state index in [1.54, 1.807) is 12.7 Å². The predicted molar refractivity (Wildman–Crippen MR) is 101 cm³/mol. The molecule has 2 aromatic heterocycles. The Labute approximate surface area is 146 Å². The number of hydrogen-bond acceptors (Lipinski definition) is 2. The molecule has 0 atom stereocenters. The van der Waals surface area contributed by atoms with Gasteiger partial charge in [0.1, 0.15) is 0 Å². The van der Waals surface area contributed by atoms with Crippen LogP contribution >= 0.6 is 0 Å². The molecule has 122 valence electrons. The lowest BCUT2D eigenvalue weighted by molar-refractivity contribution is 1.16. The van der Waals surface area contributed by atoms with Crippen LogP contribution in [0.25, 0.3) is 33.6 Å². The molecule has 0 saturated heterocycles. The Kier molecular flexibility index (Phi) is 4.01. The summed E-state index contributed by atoms with van der Waals surface area (Å²) in [7, 11) is 0. The van der Waals surface area contributed by atoms with Crippen LogP contribution in [-0.2, 0) is 6.42 Å². The van der Waals surface area contributed by atoms with Crippen LogP contribution in [0.3, 0.4) is 0 Å². The monoisotopic (exact) mass is 326 g/mol. The largest absolute Gasteiger partial charge is 0.348 e. The standard InChI is InChI=1S/C21H18N4/c1-2-3-19-21(25-14-24-19)18-10-6-16(7-11-18)15-4-8-17(9-5-15)20-12-22-13-23-20/h2,4-14H,1,3H2,(H,22,23)(H,24,25). The van der Waals surface area contributed by atoms with Gasteiger partial charge < -0.3 is 9.97 Å². The Morgan fingerprint density at radius 3 is 2.04 bits per heavy atom. The highest BCUT2D eigenvalue weighted by Crippen LogP contribution is 2.27. The number of allylic oxidation sites excluding steroid dienone is 1. The molecule has 0 aliphatic carbocycles. The van der Waals surface area contributed by atoms with E-state index in [-0.39, 0.29) is 0 Å². The molecular weight excluding hydrogens is 308 g/mol. The predicted octanol–water partition coefficient (Wildman–Crippen LogP) is 4.86. The minimum absolute atomic E-state index is 0.784. The summed E-state index contributed by atoms with van der Waals surface area (Å²) in [4.78, 5) is 14.8. The molecule has 0 amide bonds. The molecule has 4 nitrogen and oxygen atoms in total. The minimum atomic E-state index is 0.784. The number of nitrogens with zero attached hydrogens (tertiary/aromatic N) is 2. The maximum Gasteiger partial charge on any atom is 0.0929 e. The Bertz CT molecular complexity index is 962. The molecule has 0 bridgehead atoms. The van der Waals surface area contributed by atoms with Gasteiger partial charge in [0.15, 0.2) is 0 Å². The number of rotatable bonds is 5. The maximum atomic E-state index is 4.43. The molecule has 0 saturated carbocycles. The van der Waals surface area contributed by atoms with Crippen LogP contribution in [0.2, 0.25) is 0 Å². The normalized spacial score (nSPS) is 10.7. The van der Waals surface area contributed by atoms with Gasteiger partial charge in [0.2, 0.25) is 0 Å². The summed E-state index contributed by atoms with van der Waals surface area (Å²) < 4.78 is 0. The second-order valence-corrected chi connectivity index (χ2v) is 5.84. The summed E-state index contributed by atoms with van der Waals surface area (Å²) in [6.07, 6.45) is 7.92. The van der Waals surface area contributed by atoms with Crippen molar-refractivity contribution in [1.82, 2.24) is 19.9 Å². The van der Waals surface area contributed by atoms with Crippen molar-refractivity contribution in [2.75, 3.05) is 0 Å². The third-order valence-corrected chi connectivity index (χ3v) is 4.25. The van der Waals surface area contributed by atoms with E-state index in [4.69, 9.17) is 0 Å². The number of nitrogens with one attached hydrogen (secondary N) is 2. The zero-order valence-corrected chi connectivity index (χ0v) is 13.7. The second-order valence-electron chi connectivity index (χ2n) is 5.84. The van der Waals surface area contributed by atoms with Gasteiger partial charge in [-0.15, -0.1) is 6.58 Å². The maximum absolute atomic E-state index is 4.43. The smallest absolute Gasteiger partial charge is 0.0929 e. The third-order valence-electron chi connectivity index (χ3n) is 4.25. The first-order chi connectivity index (χ1) is 12.3. The Balaban J connectivity index is 1.59. The molecule has 2 heterocycles. The molecule has 0 fully saturated rings. The van der Waals surface area contributed by atoms with Crippen molar-refractivity contribution < 1.29 is 0 Å². The molecule has 0 aliphatic rings. The number of aromatic amines is 2.